The Morgan fingerprint density at radius 1 is 0.932 bits per heavy atom. The number of amides is 1. The van der Waals surface area contributed by atoms with Gasteiger partial charge in [-0.3, -0.25) is 4.79 Å². The summed E-state index contributed by atoms with van der Waals surface area (Å²) in [4.78, 5) is 29.0. The number of ether oxygens (including phenoxy) is 2. The van der Waals surface area contributed by atoms with Gasteiger partial charge in [0.2, 0.25) is 0 Å². The first-order valence-corrected chi connectivity index (χ1v) is 13.9. The van der Waals surface area contributed by atoms with Crippen LogP contribution >= 0.6 is 23.2 Å². The number of nitrogens with zero attached hydrogens (tertiary/aromatic N) is 1. The van der Waals surface area contributed by atoms with Crippen LogP contribution in [-0.4, -0.2) is 29.7 Å². The van der Waals surface area contributed by atoms with E-state index >= 15 is 0 Å². The van der Waals surface area contributed by atoms with Crippen LogP contribution in [0.25, 0.3) is 22.0 Å². The molecule has 5 rings (SSSR count). The molecule has 44 heavy (non-hydrogen) atoms. The number of rotatable bonds is 8. The molecule has 0 bridgehead atoms. The highest BCUT2D eigenvalue weighted by atomic mass is 35.5. The van der Waals surface area contributed by atoms with E-state index in [0.717, 1.165) is 12.1 Å². The minimum absolute atomic E-state index is 0.00483. The zero-order chi connectivity index (χ0) is 31.4. The number of hydrazone groups is 1. The molecule has 2 N–H and O–H groups in total. The first-order chi connectivity index (χ1) is 21.1. The molecule has 1 aromatic heterocycles. The lowest BCUT2D eigenvalue weighted by Crippen LogP contribution is -2.19. The Bertz CT molecular complexity index is 1900. The number of para-hydroxylation sites is 1. The minimum atomic E-state index is -4.61. The summed E-state index contributed by atoms with van der Waals surface area (Å²) in [6.07, 6.45) is -3.26. The molecule has 0 aliphatic heterocycles. The Kier molecular flexibility index (Phi) is 8.93. The summed E-state index contributed by atoms with van der Waals surface area (Å²) in [6, 6.07) is 20.8. The number of H-pyrrole nitrogens is 1. The highest BCUT2D eigenvalue weighted by molar-refractivity contribution is 6.37. The van der Waals surface area contributed by atoms with Crippen molar-refractivity contribution in [1.82, 2.24) is 10.4 Å². The van der Waals surface area contributed by atoms with Crippen LogP contribution in [0.2, 0.25) is 10.0 Å². The Morgan fingerprint density at radius 2 is 1.68 bits per heavy atom. The molecule has 0 aliphatic rings. The minimum Gasteiger partial charge on any atom is -0.490 e. The van der Waals surface area contributed by atoms with Gasteiger partial charge in [-0.1, -0.05) is 59.6 Å². The molecule has 0 unspecified atom stereocenters. The fraction of sp³-hybridized carbons (Fsp3) is 0.0938. The lowest BCUT2D eigenvalue weighted by atomic mass is 10.0. The number of hydrogen-bond acceptors (Lipinski definition) is 5. The zero-order valence-corrected chi connectivity index (χ0v) is 24.3. The Balaban J connectivity index is 1.37. The van der Waals surface area contributed by atoms with Crippen LogP contribution in [0.4, 0.5) is 13.2 Å². The van der Waals surface area contributed by atoms with Crippen LogP contribution in [0.1, 0.15) is 38.9 Å². The van der Waals surface area contributed by atoms with Crippen molar-refractivity contribution in [3.05, 3.63) is 117 Å². The smallest absolute Gasteiger partial charge is 0.416 e. The zero-order valence-electron chi connectivity index (χ0n) is 22.8. The van der Waals surface area contributed by atoms with Crippen LogP contribution in [-0.2, 0) is 6.18 Å². The number of hydrogen-bond donors (Lipinski definition) is 2. The summed E-state index contributed by atoms with van der Waals surface area (Å²) < 4.78 is 50.1. The fourth-order valence-electron chi connectivity index (χ4n) is 4.46. The van der Waals surface area contributed by atoms with Gasteiger partial charge in [0, 0.05) is 21.5 Å². The highest BCUT2D eigenvalue weighted by Gasteiger charge is 2.31. The summed E-state index contributed by atoms with van der Waals surface area (Å²) in [5.74, 6) is -1.40. The summed E-state index contributed by atoms with van der Waals surface area (Å²) in [7, 11) is 0. The molecule has 4 aromatic carbocycles. The van der Waals surface area contributed by atoms with E-state index in [4.69, 9.17) is 32.7 Å². The molecule has 0 saturated heterocycles. The summed E-state index contributed by atoms with van der Waals surface area (Å²) in [6.45, 7) is 1.92. The maximum atomic E-state index is 13.3. The quantitative estimate of drug-likeness (QED) is 0.0770. The van der Waals surface area contributed by atoms with E-state index in [2.05, 4.69) is 15.5 Å². The number of carbonyl (C=O) groups is 2. The van der Waals surface area contributed by atoms with E-state index in [-0.39, 0.29) is 29.4 Å². The van der Waals surface area contributed by atoms with Crippen molar-refractivity contribution < 1.29 is 32.2 Å². The SMILES string of the molecule is CCOc1cc(C=NNC(=O)c2[nH]c3c(Cl)cccc3c2-c2ccccc2Cl)ccc1OC(=O)c1cccc(C(F)(F)F)c1. The monoisotopic (exact) mass is 639 g/mol. The van der Waals surface area contributed by atoms with Gasteiger partial charge < -0.3 is 14.5 Å². The van der Waals surface area contributed by atoms with Gasteiger partial charge in [0.25, 0.3) is 5.91 Å². The number of alkyl halides is 3. The third-order valence-corrected chi connectivity index (χ3v) is 7.07. The second-order valence-electron chi connectivity index (χ2n) is 9.32. The van der Waals surface area contributed by atoms with Gasteiger partial charge in [-0.15, -0.1) is 0 Å². The summed E-state index contributed by atoms with van der Waals surface area (Å²) in [5, 5.41) is 5.64. The first-order valence-electron chi connectivity index (χ1n) is 13.1. The predicted molar refractivity (Wildman–Crippen MR) is 163 cm³/mol. The van der Waals surface area contributed by atoms with E-state index in [9.17, 15) is 22.8 Å². The standard InChI is InChI=1S/C32H22Cl2F3N3O4/c1-2-43-26-15-18(13-14-25(26)44-31(42)19-7-5-8-20(16-19)32(35,36)37)17-38-40-30(41)29-27(21-9-3-4-11-23(21)33)22-10-6-12-24(34)28(22)39-29/h3-17,39H,2H2,1H3,(H,40,41). The molecule has 1 amide bonds. The number of fused-ring (bicyclic) bond motifs is 1. The molecule has 7 nitrogen and oxygen atoms in total. The van der Waals surface area contributed by atoms with Crippen molar-refractivity contribution in [2.45, 2.75) is 13.1 Å². The second kappa shape index (κ2) is 12.8. The van der Waals surface area contributed by atoms with E-state index in [1.165, 1.54) is 30.5 Å². The van der Waals surface area contributed by atoms with Crippen molar-refractivity contribution >= 4 is 52.2 Å². The lowest BCUT2D eigenvalue weighted by molar-refractivity contribution is -0.137. The van der Waals surface area contributed by atoms with E-state index < -0.39 is 23.6 Å². The van der Waals surface area contributed by atoms with Gasteiger partial charge in [0.1, 0.15) is 5.69 Å². The van der Waals surface area contributed by atoms with Gasteiger partial charge >= 0.3 is 12.1 Å². The first kappa shape index (κ1) is 30.7. The van der Waals surface area contributed by atoms with E-state index in [1.54, 1.807) is 43.3 Å². The van der Waals surface area contributed by atoms with Crippen molar-refractivity contribution in [2.75, 3.05) is 6.61 Å². The van der Waals surface area contributed by atoms with E-state index in [1.807, 2.05) is 6.07 Å². The topological polar surface area (TPSA) is 92.8 Å². The average molecular weight is 640 g/mol. The largest absolute Gasteiger partial charge is 0.490 e. The Labute approximate surface area is 259 Å². The predicted octanol–water partition coefficient (Wildman–Crippen LogP) is 8.54. The number of esters is 1. The highest BCUT2D eigenvalue weighted by Crippen LogP contribution is 2.38. The van der Waals surface area contributed by atoms with Crippen LogP contribution in [0, 0.1) is 0 Å². The number of aromatic amines is 1. The number of nitrogens with one attached hydrogen (secondary N) is 2. The Morgan fingerprint density at radius 3 is 2.43 bits per heavy atom. The van der Waals surface area contributed by atoms with Crippen molar-refractivity contribution in [3.8, 4) is 22.6 Å². The number of halogens is 5. The normalized spacial score (nSPS) is 11.6. The summed E-state index contributed by atoms with van der Waals surface area (Å²) >= 11 is 12.9. The molecule has 0 spiro atoms. The fourth-order valence-corrected chi connectivity index (χ4v) is 4.91. The number of carbonyl (C=O) groups excluding carboxylic acids is 2. The van der Waals surface area contributed by atoms with Crippen LogP contribution in [0.3, 0.4) is 0 Å². The van der Waals surface area contributed by atoms with Crippen LogP contribution in [0.15, 0.2) is 90.0 Å². The number of aromatic nitrogens is 1. The summed E-state index contributed by atoms with van der Waals surface area (Å²) in [5.41, 5.74) is 3.67. The van der Waals surface area contributed by atoms with Crippen molar-refractivity contribution in [3.63, 3.8) is 0 Å². The maximum absolute atomic E-state index is 13.3. The number of benzene rings is 4. The lowest BCUT2D eigenvalue weighted by Gasteiger charge is -2.12. The van der Waals surface area contributed by atoms with Crippen LogP contribution < -0.4 is 14.9 Å². The average Bonchev–Trinajstić information content (AvgIpc) is 3.39. The Hall–Kier alpha value is -4.80. The van der Waals surface area contributed by atoms with Gasteiger partial charge in [-0.05, 0) is 61.0 Å². The van der Waals surface area contributed by atoms with Gasteiger partial charge in [0.15, 0.2) is 11.5 Å². The maximum Gasteiger partial charge on any atom is 0.416 e. The molecule has 0 atom stereocenters. The second-order valence-corrected chi connectivity index (χ2v) is 10.1. The van der Waals surface area contributed by atoms with Gasteiger partial charge in [-0.25, -0.2) is 10.2 Å². The van der Waals surface area contributed by atoms with Crippen molar-refractivity contribution in [1.29, 1.82) is 0 Å². The molecule has 0 aliphatic carbocycles. The molecule has 0 fully saturated rings. The molecule has 12 heteroatoms. The molecular weight excluding hydrogens is 618 g/mol. The van der Waals surface area contributed by atoms with E-state index in [0.29, 0.717) is 43.7 Å². The molecule has 1 heterocycles. The molecule has 5 aromatic rings. The molecular formula is C32H22Cl2F3N3O4. The third kappa shape index (κ3) is 6.56. The van der Waals surface area contributed by atoms with Crippen molar-refractivity contribution in [2.24, 2.45) is 5.10 Å². The van der Waals surface area contributed by atoms with Gasteiger partial charge in [0.05, 0.1) is 34.5 Å². The molecule has 0 saturated carbocycles. The van der Waals surface area contributed by atoms with Crippen LogP contribution in [0.5, 0.6) is 11.5 Å². The molecule has 224 valence electrons. The van der Waals surface area contributed by atoms with Gasteiger partial charge in [-0.2, -0.15) is 18.3 Å². The molecule has 0 radical (unpaired) electrons. The third-order valence-electron chi connectivity index (χ3n) is 6.43.